The molecule has 0 aliphatic carbocycles. The number of hydrogen-bond donors (Lipinski definition) is 1. The number of rotatable bonds is 6. The quantitative estimate of drug-likeness (QED) is 0.705. The molecule has 4 rings (SSSR count). The topological polar surface area (TPSA) is 61.4 Å². The Hall–Kier alpha value is -3.25. The Morgan fingerprint density at radius 2 is 1.69 bits per heavy atom. The van der Waals surface area contributed by atoms with Gasteiger partial charge >= 0.3 is 0 Å². The first-order chi connectivity index (χ1) is 14.3. The molecule has 2 aromatic heterocycles. The number of nitrogens with zero attached hydrogens (tertiary/aromatic N) is 4. The summed E-state index contributed by atoms with van der Waals surface area (Å²) in [7, 11) is 0. The summed E-state index contributed by atoms with van der Waals surface area (Å²) in [6.45, 7) is 5.24. The Balaban J connectivity index is 1.32. The lowest BCUT2D eigenvalue weighted by atomic mass is 10.2. The minimum atomic E-state index is -0.180. The van der Waals surface area contributed by atoms with E-state index < -0.39 is 0 Å². The van der Waals surface area contributed by atoms with Gasteiger partial charge in [0.25, 0.3) is 5.91 Å². The van der Waals surface area contributed by atoms with Gasteiger partial charge in [-0.15, -0.1) is 0 Å². The van der Waals surface area contributed by atoms with Gasteiger partial charge < -0.3 is 10.2 Å². The number of anilines is 1. The molecule has 0 atom stereocenters. The molecule has 0 saturated carbocycles. The van der Waals surface area contributed by atoms with E-state index in [1.54, 1.807) is 12.4 Å². The van der Waals surface area contributed by atoms with Gasteiger partial charge in [0.15, 0.2) is 0 Å². The van der Waals surface area contributed by atoms with Crippen molar-refractivity contribution in [2.75, 3.05) is 31.1 Å². The van der Waals surface area contributed by atoms with E-state index >= 15 is 0 Å². The van der Waals surface area contributed by atoms with Crippen molar-refractivity contribution in [1.82, 2.24) is 20.2 Å². The number of hydrogen-bond acceptors (Lipinski definition) is 5. The highest BCUT2D eigenvalue weighted by molar-refractivity contribution is 5.93. The first-order valence-electron chi connectivity index (χ1n) is 9.93. The van der Waals surface area contributed by atoms with Crippen LogP contribution in [0.15, 0.2) is 73.1 Å². The zero-order valence-electron chi connectivity index (χ0n) is 16.4. The highest BCUT2D eigenvalue weighted by Crippen LogP contribution is 2.18. The molecule has 1 N–H and O–H groups in total. The first-order valence-corrected chi connectivity index (χ1v) is 9.93. The van der Waals surface area contributed by atoms with Crippen LogP contribution in [0.1, 0.15) is 21.7 Å². The van der Waals surface area contributed by atoms with Crippen molar-refractivity contribution in [2.45, 2.75) is 13.1 Å². The van der Waals surface area contributed by atoms with Crippen molar-refractivity contribution >= 4 is 11.6 Å². The number of amides is 1. The molecule has 1 fully saturated rings. The van der Waals surface area contributed by atoms with Crippen LogP contribution in [0, 0.1) is 0 Å². The van der Waals surface area contributed by atoms with Gasteiger partial charge in [-0.3, -0.25) is 19.7 Å². The molecule has 1 amide bonds. The Labute approximate surface area is 171 Å². The number of pyridine rings is 2. The van der Waals surface area contributed by atoms with Crippen LogP contribution in [0.2, 0.25) is 0 Å². The van der Waals surface area contributed by atoms with Crippen molar-refractivity contribution in [2.24, 2.45) is 0 Å². The maximum Gasteiger partial charge on any atom is 0.270 e. The van der Waals surface area contributed by atoms with Gasteiger partial charge in [0, 0.05) is 50.8 Å². The second-order valence-corrected chi connectivity index (χ2v) is 7.15. The van der Waals surface area contributed by atoms with Crippen LogP contribution in [0.4, 0.5) is 5.69 Å². The number of benzene rings is 1. The van der Waals surface area contributed by atoms with Crippen molar-refractivity contribution in [3.8, 4) is 0 Å². The van der Waals surface area contributed by atoms with Crippen LogP contribution < -0.4 is 10.2 Å². The largest absolute Gasteiger partial charge is 0.369 e. The molecule has 6 heteroatoms. The van der Waals surface area contributed by atoms with Gasteiger partial charge in [0.1, 0.15) is 5.69 Å². The lowest BCUT2D eigenvalue weighted by Crippen LogP contribution is -2.46. The maximum absolute atomic E-state index is 12.5. The second kappa shape index (κ2) is 9.30. The summed E-state index contributed by atoms with van der Waals surface area (Å²) in [5.41, 5.74) is 3.65. The predicted molar refractivity (Wildman–Crippen MR) is 114 cm³/mol. The van der Waals surface area contributed by atoms with Crippen molar-refractivity contribution in [3.05, 3.63) is 90.0 Å². The third kappa shape index (κ3) is 5.18. The normalized spacial score (nSPS) is 14.6. The number of piperazine rings is 1. The zero-order valence-corrected chi connectivity index (χ0v) is 16.4. The SMILES string of the molecule is O=C(NCc1ccccn1)c1cc(N2CCN(Cc3ccccc3)CC2)ccn1. The molecule has 29 heavy (non-hydrogen) atoms. The summed E-state index contributed by atoms with van der Waals surface area (Å²) >= 11 is 0. The molecule has 0 unspecified atom stereocenters. The van der Waals surface area contributed by atoms with Crippen molar-refractivity contribution in [1.29, 1.82) is 0 Å². The standard InChI is InChI=1S/C23H25N5O/c29-23(26-17-20-8-4-5-10-24-20)22-16-21(9-11-25-22)28-14-12-27(13-15-28)18-19-6-2-1-3-7-19/h1-11,16H,12-15,17-18H2,(H,26,29). The monoisotopic (exact) mass is 387 g/mol. The van der Waals surface area contributed by atoms with Gasteiger partial charge in [-0.2, -0.15) is 0 Å². The van der Waals surface area contributed by atoms with Crippen LogP contribution >= 0.6 is 0 Å². The third-order valence-corrected chi connectivity index (χ3v) is 5.12. The number of aromatic nitrogens is 2. The van der Waals surface area contributed by atoms with Crippen LogP contribution in [-0.4, -0.2) is 47.0 Å². The van der Waals surface area contributed by atoms with E-state index in [-0.39, 0.29) is 5.91 Å². The van der Waals surface area contributed by atoms with E-state index in [0.717, 1.165) is 44.1 Å². The summed E-state index contributed by atoms with van der Waals surface area (Å²) < 4.78 is 0. The molecule has 1 aliphatic heterocycles. The van der Waals surface area contributed by atoms with Crippen molar-refractivity contribution in [3.63, 3.8) is 0 Å². The fourth-order valence-electron chi connectivity index (χ4n) is 3.51. The van der Waals surface area contributed by atoms with E-state index in [0.29, 0.717) is 12.2 Å². The second-order valence-electron chi connectivity index (χ2n) is 7.15. The van der Waals surface area contributed by atoms with E-state index in [1.165, 1.54) is 5.56 Å². The predicted octanol–water partition coefficient (Wildman–Crippen LogP) is 2.73. The highest BCUT2D eigenvalue weighted by Gasteiger charge is 2.18. The Kier molecular flexibility index (Phi) is 6.12. The fourth-order valence-corrected chi connectivity index (χ4v) is 3.51. The molecule has 1 saturated heterocycles. The van der Waals surface area contributed by atoms with Gasteiger partial charge in [0.2, 0.25) is 0 Å². The first kappa shape index (κ1) is 19.1. The molecule has 0 spiro atoms. The minimum absolute atomic E-state index is 0.180. The zero-order chi connectivity index (χ0) is 19.9. The molecule has 3 aromatic rings. The van der Waals surface area contributed by atoms with Gasteiger partial charge in [0.05, 0.1) is 12.2 Å². The molecular formula is C23H25N5O. The van der Waals surface area contributed by atoms with Crippen molar-refractivity contribution < 1.29 is 4.79 Å². The van der Waals surface area contributed by atoms with E-state index in [2.05, 4.69) is 55.4 Å². The van der Waals surface area contributed by atoms with Crippen LogP contribution in [0.3, 0.4) is 0 Å². The summed E-state index contributed by atoms with van der Waals surface area (Å²) in [6.07, 6.45) is 3.43. The fraction of sp³-hybridized carbons (Fsp3) is 0.261. The van der Waals surface area contributed by atoms with Gasteiger partial charge in [-0.25, -0.2) is 0 Å². The highest BCUT2D eigenvalue weighted by atomic mass is 16.1. The lowest BCUT2D eigenvalue weighted by Gasteiger charge is -2.36. The average molecular weight is 387 g/mol. The molecule has 0 radical (unpaired) electrons. The Morgan fingerprint density at radius 3 is 2.45 bits per heavy atom. The van der Waals surface area contributed by atoms with E-state index in [4.69, 9.17) is 0 Å². The van der Waals surface area contributed by atoms with Crippen LogP contribution in [-0.2, 0) is 13.1 Å². The molecule has 3 heterocycles. The van der Waals surface area contributed by atoms with E-state index in [9.17, 15) is 4.79 Å². The molecule has 0 bridgehead atoms. The average Bonchev–Trinajstić information content (AvgIpc) is 2.79. The molecular weight excluding hydrogens is 362 g/mol. The van der Waals surface area contributed by atoms with Crippen LogP contribution in [0.25, 0.3) is 0 Å². The summed E-state index contributed by atoms with van der Waals surface area (Å²) in [5, 5.41) is 2.89. The summed E-state index contributed by atoms with van der Waals surface area (Å²) in [6, 6.07) is 20.1. The van der Waals surface area contributed by atoms with E-state index in [1.807, 2.05) is 30.3 Å². The van der Waals surface area contributed by atoms with Crippen LogP contribution in [0.5, 0.6) is 0 Å². The van der Waals surface area contributed by atoms with Gasteiger partial charge in [-0.05, 0) is 29.8 Å². The number of carbonyl (C=O) groups is 1. The molecule has 1 aromatic carbocycles. The Morgan fingerprint density at radius 1 is 0.897 bits per heavy atom. The summed E-state index contributed by atoms with van der Waals surface area (Å²) in [4.78, 5) is 25.7. The minimum Gasteiger partial charge on any atom is -0.369 e. The smallest absolute Gasteiger partial charge is 0.270 e. The molecule has 6 nitrogen and oxygen atoms in total. The Bertz CT molecular complexity index is 924. The maximum atomic E-state index is 12.5. The molecule has 1 aliphatic rings. The van der Waals surface area contributed by atoms with Gasteiger partial charge in [-0.1, -0.05) is 36.4 Å². The summed E-state index contributed by atoms with van der Waals surface area (Å²) in [5.74, 6) is -0.180. The number of carbonyl (C=O) groups excluding carboxylic acids is 1. The third-order valence-electron chi connectivity index (χ3n) is 5.12. The lowest BCUT2D eigenvalue weighted by molar-refractivity contribution is 0.0945. The molecule has 148 valence electrons. The number of nitrogens with one attached hydrogen (secondary N) is 1.